The van der Waals surface area contributed by atoms with Gasteiger partial charge in [0.25, 0.3) is 5.91 Å². The lowest BCUT2D eigenvalue weighted by atomic mass is 10.00. The van der Waals surface area contributed by atoms with Crippen molar-refractivity contribution in [2.45, 2.75) is 20.3 Å². The molecular formula is C30H29FN6O4. The third-order valence-electron chi connectivity index (χ3n) is 6.95. The molecule has 210 valence electrons. The molecule has 2 N–H and O–H groups in total. The van der Waals surface area contributed by atoms with E-state index in [1.807, 2.05) is 12.1 Å². The molecule has 0 saturated heterocycles. The molecule has 3 heterocycles. The second kappa shape index (κ2) is 11.3. The molecule has 4 aromatic rings. The van der Waals surface area contributed by atoms with Crippen molar-refractivity contribution < 1.29 is 23.6 Å². The van der Waals surface area contributed by atoms with Gasteiger partial charge in [-0.1, -0.05) is 18.2 Å². The molecule has 2 amide bonds. The zero-order valence-corrected chi connectivity index (χ0v) is 23.1. The van der Waals surface area contributed by atoms with Crippen LogP contribution >= 0.6 is 0 Å². The molecular weight excluding hydrogens is 527 g/mol. The lowest BCUT2D eigenvalue weighted by molar-refractivity contribution is -0.101. The number of H-pyrrole nitrogens is 1. The van der Waals surface area contributed by atoms with E-state index >= 15 is 0 Å². The zero-order valence-electron chi connectivity index (χ0n) is 23.1. The van der Waals surface area contributed by atoms with Crippen molar-refractivity contribution in [2.24, 2.45) is 0 Å². The number of benzene rings is 2. The number of hydroxylamine groups is 2. The normalized spacial score (nSPS) is 13.5. The Bertz CT molecular complexity index is 1690. The van der Waals surface area contributed by atoms with Crippen LogP contribution in [0, 0.1) is 12.7 Å². The van der Waals surface area contributed by atoms with Crippen LogP contribution in [0.25, 0.3) is 27.9 Å². The van der Waals surface area contributed by atoms with Crippen molar-refractivity contribution in [3.63, 3.8) is 0 Å². The molecule has 0 spiro atoms. The predicted molar refractivity (Wildman–Crippen MR) is 153 cm³/mol. The van der Waals surface area contributed by atoms with Crippen molar-refractivity contribution >= 4 is 40.1 Å². The Morgan fingerprint density at radius 2 is 1.80 bits per heavy atom. The van der Waals surface area contributed by atoms with Crippen LogP contribution in [0.5, 0.6) is 0 Å². The number of halogens is 1. The van der Waals surface area contributed by atoms with Crippen LogP contribution in [0.4, 0.5) is 14.9 Å². The Balaban J connectivity index is 1.42. The first-order valence-corrected chi connectivity index (χ1v) is 13.0. The number of rotatable bonds is 6. The van der Waals surface area contributed by atoms with Crippen molar-refractivity contribution in [3.8, 4) is 11.3 Å². The van der Waals surface area contributed by atoms with Gasteiger partial charge in [-0.3, -0.25) is 9.59 Å². The van der Waals surface area contributed by atoms with Gasteiger partial charge >= 0.3 is 6.09 Å². The SMILES string of the molecule is CC(=O)c1ccc(C(=O)Nc2cc(F)cc(-c3ncnc4[nH]c(C5=CCN(OC(=O)N(C)C)CC5)cc34)c2C)cc1. The summed E-state index contributed by atoms with van der Waals surface area (Å²) in [4.78, 5) is 55.2. The average Bonchev–Trinajstić information content (AvgIpc) is 3.40. The maximum absolute atomic E-state index is 14.9. The highest BCUT2D eigenvalue weighted by Gasteiger charge is 2.21. The minimum Gasteiger partial charge on any atom is -0.351 e. The van der Waals surface area contributed by atoms with E-state index in [2.05, 4.69) is 20.3 Å². The molecule has 0 unspecified atom stereocenters. The summed E-state index contributed by atoms with van der Waals surface area (Å²) in [7, 11) is 3.26. The van der Waals surface area contributed by atoms with Gasteiger partial charge in [0.15, 0.2) is 5.78 Å². The van der Waals surface area contributed by atoms with Gasteiger partial charge in [-0.2, -0.15) is 0 Å². The van der Waals surface area contributed by atoms with Crippen LogP contribution in [0.1, 0.15) is 45.3 Å². The number of carbonyl (C=O) groups excluding carboxylic acids is 3. The van der Waals surface area contributed by atoms with E-state index in [9.17, 15) is 18.8 Å². The van der Waals surface area contributed by atoms with E-state index in [4.69, 9.17) is 4.84 Å². The van der Waals surface area contributed by atoms with Gasteiger partial charge in [0.05, 0.1) is 12.2 Å². The lowest BCUT2D eigenvalue weighted by Gasteiger charge is -2.25. The number of aromatic nitrogens is 3. The number of carbonyl (C=O) groups is 3. The van der Waals surface area contributed by atoms with E-state index in [0.717, 1.165) is 11.3 Å². The van der Waals surface area contributed by atoms with E-state index in [-0.39, 0.29) is 5.78 Å². The van der Waals surface area contributed by atoms with E-state index < -0.39 is 17.8 Å². The van der Waals surface area contributed by atoms with Crippen LogP contribution in [0.2, 0.25) is 0 Å². The molecule has 1 aliphatic heterocycles. The van der Waals surface area contributed by atoms with Crippen LogP contribution < -0.4 is 5.32 Å². The molecule has 11 heteroatoms. The van der Waals surface area contributed by atoms with Gasteiger partial charge in [0.2, 0.25) is 0 Å². The van der Waals surface area contributed by atoms with Gasteiger partial charge in [-0.05, 0) is 61.7 Å². The Morgan fingerprint density at radius 3 is 2.46 bits per heavy atom. The smallest absolute Gasteiger partial charge is 0.351 e. The fourth-order valence-electron chi connectivity index (χ4n) is 4.60. The molecule has 0 aliphatic carbocycles. The number of ketones is 1. The highest BCUT2D eigenvalue weighted by molar-refractivity contribution is 6.06. The minimum atomic E-state index is -0.530. The van der Waals surface area contributed by atoms with Gasteiger partial charge in [0, 0.05) is 54.1 Å². The minimum absolute atomic E-state index is 0.0982. The first kappa shape index (κ1) is 27.7. The van der Waals surface area contributed by atoms with Crippen LogP contribution in [0.15, 0.2) is 54.9 Å². The molecule has 1 aliphatic rings. The van der Waals surface area contributed by atoms with Crippen molar-refractivity contribution in [1.29, 1.82) is 0 Å². The van der Waals surface area contributed by atoms with Gasteiger partial charge in [-0.25, -0.2) is 19.2 Å². The Labute approximate surface area is 235 Å². The third-order valence-corrected chi connectivity index (χ3v) is 6.95. The molecule has 10 nitrogen and oxygen atoms in total. The number of fused-ring (bicyclic) bond motifs is 1. The van der Waals surface area contributed by atoms with Crippen LogP contribution in [-0.2, 0) is 4.84 Å². The quantitative estimate of drug-likeness (QED) is 0.312. The van der Waals surface area contributed by atoms with E-state index in [1.165, 1.54) is 30.3 Å². The van der Waals surface area contributed by atoms with Crippen molar-refractivity contribution in [1.82, 2.24) is 24.9 Å². The Kier molecular flexibility index (Phi) is 7.62. The maximum Gasteiger partial charge on any atom is 0.428 e. The van der Waals surface area contributed by atoms with Gasteiger partial charge in [-0.15, -0.1) is 5.06 Å². The molecule has 2 aromatic heterocycles. The number of anilines is 1. The maximum atomic E-state index is 14.9. The second-order valence-electron chi connectivity index (χ2n) is 10.0. The molecule has 2 aromatic carbocycles. The number of hydrogen-bond donors (Lipinski definition) is 2. The summed E-state index contributed by atoms with van der Waals surface area (Å²) >= 11 is 0. The molecule has 0 radical (unpaired) electrons. The second-order valence-corrected chi connectivity index (χ2v) is 10.0. The molecule has 0 saturated carbocycles. The largest absolute Gasteiger partial charge is 0.428 e. The van der Waals surface area contributed by atoms with Crippen molar-refractivity contribution in [3.05, 3.63) is 83.1 Å². The summed E-state index contributed by atoms with van der Waals surface area (Å²) in [5.74, 6) is -1.05. The molecule has 0 bridgehead atoms. The first-order valence-electron chi connectivity index (χ1n) is 13.0. The molecule has 41 heavy (non-hydrogen) atoms. The number of nitrogens with one attached hydrogen (secondary N) is 2. The monoisotopic (exact) mass is 556 g/mol. The Morgan fingerprint density at radius 1 is 1.07 bits per heavy atom. The number of aromatic amines is 1. The lowest BCUT2D eigenvalue weighted by Crippen LogP contribution is -2.35. The first-order chi connectivity index (χ1) is 19.6. The summed E-state index contributed by atoms with van der Waals surface area (Å²) < 4.78 is 14.9. The van der Waals surface area contributed by atoms with Crippen LogP contribution in [-0.4, -0.2) is 69.9 Å². The fourth-order valence-corrected chi connectivity index (χ4v) is 4.60. The van der Waals surface area contributed by atoms with E-state index in [1.54, 1.807) is 50.3 Å². The number of amides is 2. The predicted octanol–water partition coefficient (Wildman–Crippen LogP) is 5.23. The summed E-state index contributed by atoms with van der Waals surface area (Å²) in [5.41, 5.74) is 5.30. The van der Waals surface area contributed by atoms with E-state index in [0.29, 0.717) is 64.2 Å². The summed E-state index contributed by atoms with van der Waals surface area (Å²) in [5, 5.41) is 5.09. The van der Waals surface area contributed by atoms with Crippen LogP contribution in [0.3, 0.4) is 0 Å². The van der Waals surface area contributed by atoms with Crippen molar-refractivity contribution in [2.75, 3.05) is 32.5 Å². The highest BCUT2D eigenvalue weighted by atomic mass is 19.1. The number of Topliss-reactive ketones (excluding diaryl/α,β-unsaturated/α-hetero) is 1. The molecule has 5 rings (SSSR count). The standard InChI is InChI=1S/C30H29FN6O4/c1-17-23(13-22(31)14-25(17)35-29(39)21-7-5-19(6-8-21)18(2)38)27-24-15-26(34-28(24)33-16-32-27)20-9-11-37(12-10-20)41-30(40)36(3)4/h5-9,13-16H,10-12H2,1-4H3,(H,35,39)(H,32,33,34). The summed E-state index contributed by atoms with van der Waals surface area (Å²) in [6.07, 6.45) is 3.60. The third kappa shape index (κ3) is 5.85. The zero-order chi connectivity index (χ0) is 29.3. The molecule has 0 fully saturated rings. The number of hydrogen-bond acceptors (Lipinski definition) is 7. The van der Waals surface area contributed by atoms with Gasteiger partial charge < -0.3 is 20.0 Å². The fraction of sp³-hybridized carbons (Fsp3) is 0.233. The topological polar surface area (TPSA) is 121 Å². The van der Waals surface area contributed by atoms with Gasteiger partial charge in [0.1, 0.15) is 17.8 Å². The average molecular weight is 557 g/mol. The highest BCUT2D eigenvalue weighted by Crippen LogP contribution is 2.35. The summed E-state index contributed by atoms with van der Waals surface area (Å²) in [6, 6.07) is 10.9. The number of nitrogens with zero attached hydrogens (tertiary/aromatic N) is 4. The molecule has 0 atom stereocenters. The Hall–Kier alpha value is -4.90. The summed E-state index contributed by atoms with van der Waals surface area (Å²) in [6.45, 7) is 4.21.